The standard InChI is InChI=1S/C11H25N3O/c1-4-5-11-12-8-9(13-11)10(15)6-7-14(2)3/h9-13,15H,4-8H2,1-3H3/t9-,10?,11?/m1/s1. The Morgan fingerprint density at radius 3 is 2.80 bits per heavy atom. The van der Waals surface area contributed by atoms with E-state index in [9.17, 15) is 5.11 Å². The summed E-state index contributed by atoms with van der Waals surface area (Å²) < 4.78 is 0. The average Bonchev–Trinajstić information content (AvgIpc) is 2.63. The van der Waals surface area contributed by atoms with E-state index in [1.807, 2.05) is 14.1 Å². The van der Waals surface area contributed by atoms with Crippen molar-refractivity contribution in [2.45, 2.75) is 44.5 Å². The summed E-state index contributed by atoms with van der Waals surface area (Å²) in [4.78, 5) is 2.11. The number of hydrogen-bond acceptors (Lipinski definition) is 4. The molecule has 90 valence electrons. The minimum atomic E-state index is -0.234. The summed E-state index contributed by atoms with van der Waals surface area (Å²) in [6, 6.07) is 0.224. The smallest absolute Gasteiger partial charge is 0.0718 e. The van der Waals surface area contributed by atoms with Crippen molar-refractivity contribution in [1.82, 2.24) is 15.5 Å². The van der Waals surface area contributed by atoms with Gasteiger partial charge in [0, 0.05) is 19.1 Å². The summed E-state index contributed by atoms with van der Waals surface area (Å²) in [5.41, 5.74) is 0. The third-order valence-electron chi connectivity index (χ3n) is 2.91. The highest BCUT2D eigenvalue weighted by atomic mass is 16.3. The van der Waals surface area contributed by atoms with Crippen LogP contribution in [-0.2, 0) is 0 Å². The Labute approximate surface area is 93.0 Å². The minimum Gasteiger partial charge on any atom is -0.391 e. The molecule has 0 bridgehead atoms. The van der Waals surface area contributed by atoms with Crippen molar-refractivity contribution in [1.29, 1.82) is 0 Å². The molecule has 3 N–H and O–H groups in total. The van der Waals surface area contributed by atoms with Gasteiger partial charge in [0.05, 0.1) is 12.3 Å². The highest BCUT2D eigenvalue weighted by Gasteiger charge is 2.27. The fourth-order valence-corrected chi connectivity index (χ4v) is 1.96. The van der Waals surface area contributed by atoms with Crippen LogP contribution < -0.4 is 10.6 Å². The quantitative estimate of drug-likeness (QED) is 0.583. The number of nitrogens with one attached hydrogen (secondary N) is 2. The Balaban J connectivity index is 2.20. The molecule has 2 unspecified atom stereocenters. The fourth-order valence-electron chi connectivity index (χ4n) is 1.96. The molecular weight excluding hydrogens is 190 g/mol. The Morgan fingerprint density at radius 1 is 1.47 bits per heavy atom. The van der Waals surface area contributed by atoms with Gasteiger partial charge < -0.3 is 15.3 Å². The van der Waals surface area contributed by atoms with Crippen LogP contribution in [0.25, 0.3) is 0 Å². The van der Waals surface area contributed by atoms with Crippen molar-refractivity contribution in [2.24, 2.45) is 0 Å². The van der Waals surface area contributed by atoms with Crippen molar-refractivity contribution < 1.29 is 5.11 Å². The maximum Gasteiger partial charge on any atom is 0.0718 e. The SMILES string of the molecule is CCCC1NC[C@H](C(O)CCN(C)C)N1. The molecule has 0 aromatic rings. The van der Waals surface area contributed by atoms with E-state index < -0.39 is 0 Å². The van der Waals surface area contributed by atoms with E-state index in [0.29, 0.717) is 6.17 Å². The van der Waals surface area contributed by atoms with Gasteiger partial charge >= 0.3 is 0 Å². The molecule has 4 nitrogen and oxygen atoms in total. The molecule has 1 heterocycles. The summed E-state index contributed by atoms with van der Waals surface area (Å²) >= 11 is 0. The third kappa shape index (κ3) is 4.47. The molecule has 0 saturated carbocycles. The second kappa shape index (κ2) is 6.43. The summed E-state index contributed by atoms with van der Waals surface area (Å²) in [5.74, 6) is 0. The van der Waals surface area contributed by atoms with Gasteiger partial charge in [-0.2, -0.15) is 0 Å². The van der Waals surface area contributed by atoms with Gasteiger partial charge in [-0.25, -0.2) is 0 Å². The van der Waals surface area contributed by atoms with Crippen LogP contribution in [0.1, 0.15) is 26.2 Å². The first-order valence-corrected chi connectivity index (χ1v) is 5.95. The summed E-state index contributed by atoms with van der Waals surface area (Å²) in [7, 11) is 4.07. The third-order valence-corrected chi connectivity index (χ3v) is 2.91. The van der Waals surface area contributed by atoms with Gasteiger partial charge in [0.25, 0.3) is 0 Å². The van der Waals surface area contributed by atoms with Crippen molar-refractivity contribution in [3.63, 3.8) is 0 Å². The molecule has 0 aromatic heterocycles. The maximum atomic E-state index is 9.95. The molecule has 0 amide bonds. The van der Waals surface area contributed by atoms with E-state index in [1.165, 1.54) is 6.42 Å². The highest BCUT2D eigenvalue weighted by molar-refractivity contribution is 4.88. The van der Waals surface area contributed by atoms with E-state index in [2.05, 4.69) is 22.5 Å². The van der Waals surface area contributed by atoms with Crippen LogP contribution in [0.2, 0.25) is 0 Å². The first-order chi connectivity index (χ1) is 7.13. The van der Waals surface area contributed by atoms with Gasteiger partial charge in [-0.15, -0.1) is 0 Å². The molecule has 15 heavy (non-hydrogen) atoms. The van der Waals surface area contributed by atoms with Crippen LogP contribution in [0.15, 0.2) is 0 Å². The number of hydrogen-bond donors (Lipinski definition) is 3. The number of nitrogens with zero attached hydrogens (tertiary/aromatic N) is 1. The topological polar surface area (TPSA) is 47.5 Å². The van der Waals surface area contributed by atoms with Gasteiger partial charge in [0.2, 0.25) is 0 Å². The highest BCUT2D eigenvalue weighted by Crippen LogP contribution is 2.08. The van der Waals surface area contributed by atoms with E-state index in [-0.39, 0.29) is 12.1 Å². The second-order valence-electron chi connectivity index (χ2n) is 4.68. The Kier molecular flexibility index (Phi) is 5.53. The number of aliphatic hydroxyl groups excluding tert-OH is 1. The van der Waals surface area contributed by atoms with E-state index in [0.717, 1.165) is 25.9 Å². The normalized spacial score (nSPS) is 28.6. The van der Waals surface area contributed by atoms with Gasteiger partial charge in [0.1, 0.15) is 0 Å². The van der Waals surface area contributed by atoms with E-state index in [1.54, 1.807) is 0 Å². The molecule has 0 aliphatic carbocycles. The molecular formula is C11H25N3O. The van der Waals surface area contributed by atoms with Crippen LogP contribution >= 0.6 is 0 Å². The van der Waals surface area contributed by atoms with Crippen LogP contribution in [0.4, 0.5) is 0 Å². The van der Waals surface area contributed by atoms with Crippen LogP contribution in [0.3, 0.4) is 0 Å². The predicted molar refractivity (Wildman–Crippen MR) is 62.8 cm³/mol. The zero-order valence-corrected chi connectivity index (χ0v) is 10.2. The lowest BCUT2D eigenvalue weighted by molar-refractivity contribution is 0.119. The minimum absolute atomic E-state index is 0.224. The van der Waals surface area contributed by atoms with Gasteiger partial charge in [-0.1, -0.05) is 13.3 Å². The lowest BCUT2D eigenvalue weighted by atomic mass is 10.1. The van der Waals surface area contributed by atoms with Gasteiger partial charge in [-0.05, 0) is 26.9 Å². The summed E-state index contributed by atoms with van der Waals surface area (Å²) in [6.07, 6.45) is 3.31. The molecule has 1 saturated heterocycles. The van der Waals surface area contributed by atoms with Gasteiger partial charge in [0.15, 0.2) is 0 Å². The molecule has 1 aliphatic rings. The van der Waals surface area contributed by atoms with E-state index in [4.69, 9.17) is 0 Å². The van der Waals surface area contributed by atoms with Crippen LogP contribution in [-0.4, -0.2) is 55.5 Å². The molecule has 4 heteroatoms. The van der Waals surface area contributed by atoms with Crippen LogP contribution in [0, 0.1) is 0 Å². The largest absolute Gasteiger partial charge is 0.391 e. The first kappa shape index (κ1) is 12.9. The second-order valence-corrected chi connectivity index (χ2v) is 4.68. The van der Waals surface area contributed by atoms with Crippen molar-refractivity contribution >= 4 is 0 Å². The fraction of sp³-hybridized carbons (Fsp3) is 1.00. The van der Waals surface area contributed by atoms with Crippen molar-refractivity contribution in [3.05, 3.63) is 0 Å². The monoisotopic (exact) mass is 215 g/mol. The maximum absolute atomic E-state index is 9.95. The van der Waals surface area contributed by atoms with Crippen molar-refractivity contribution in [3.8, 4) is 0 Å². The first-order valence-electron chi connectivity index (χ1n) is 5.95. The molecule has 0 aromatic carbocycles. The Morgan fingerprint density at radius 2 is 2.20 bits per heavy atom. The average molecular weight is 215 g/mol. The van der Waals surface area contributed by atoms with Crippen LogP contribution in [0.5, 0.6) is 0 Å². The lowest BCUT2D eigenvalue weighted by Gasteiger charge is -2.20. The molecule has 1 aliphatic heterocycles. The summed E-state index contributed by atoms with van der Waals surface area (Å²) in [6.45, 7) is 4.01. The summed E-state index contributed by atoms with van der Waals surface area (Å²) in [5, 5.41) is 16.8. The molecule has 0 radical (unpaired) electrons. The molecule has 1 rings (SSSR count). The molecule has 1 fully saturated rings. The Bertz CT molecular complexity index is 175. The van der Waals surface area contributed by atoms with Gasteiger partial charge in [-0.3, -0.25) is 5.32 Å². The zero-order chi connectivity index (χ0) is 11.3. The predicted octanol–water partition coefficient (Wildman–Crippen LogP) is -0.0134. The molecule has 0 spiro atoms. The number of aliphatic hydroxyl groups is 1. The zero-order valence-electron chi connectivity index (χ0n) is 10.2. The Hall–Kier alpha value is -0.160. The van der Waals surface area contributed by atoms with E-state index >= 15 is 0 Å². The molecule has 3 atom stereocenters. The van der Waals surface area contributed by atoms with Crippen molar-refractivity contribution in [2.75, 3.05) is 27.2 Å². The number of rotatable bonds is 6. The lowest BCUT2D eigenvalue weighted by Crippen LogP contribution is -2.41.